The lowest BCUT2D eigenvalue weighted by Gasteiger charge is -2.06. The molecule has 0 aliphatic rings. The maximum absolute atomic E-state index is 12.3. The van der Waals surface area contributed by atoms with Crippen LogP contribution in [0, 0.1) is 13.8 Å². The van der Waals surface area contributed by atoms with Crippen molar-refractivity contribution in [2.45, 2.75) is 26.7 Å². The molecule has 0 radical (unpaired) electrons. The number of aromatic nitrogens is 4. The normalized spacial score (nSPS) is 11.4. The van der Waals surface area contributed by atoms with Gasteiger partial charge in [-0.05, 0) is 26.7 Å². The molecule has 0 aromatic carbocycles. The van der Waals surface area contributed by atoms with Gasteiger partial charge in [0.2, 0.25) is 0 Å². The molecule has 0 bridgehead atoms. The Bertz CT molecular complexity index is 1060. The predicted molar refractivity (Wildman–Crippen MR) is 105 cm³/mol. The Labute approximate surface area is 168 Å². The lowest BCUT2D eigenvalue weighted by atomic mass is 10.3. The molecule has 146 valence electrons. The monoisotopic (exact) mass is 418 g/mol. The minimum atomic E-state index is -0.393. The van der Waals surface area contributed by atoms with Gasteiger partial charge in [-0.1, -0.05) is 0 Å². The van der Waals surface area contributed by atoms with Crippen molar-refractivity contribution in [2.24, 2.45) is 0 Å². The van der Waals surface area contributed by atoms with E-state index in [4.69, 9.17) is 9.47 Å². The Balaban J connectivity index is 1.23. The van der Waals surface area contributed by atoms with Gasteiger partial charge in [-0.15, -0.1) is 22.7 Å². The fraction of sp³-hybridized carbons (Fsp3) is 0.333. The Morgan fingerprint density at radius 3 is 1.71 bits per heavy atom. The van der Waals surface area contributed by atoms with Crippen LogP contribution in [-0.2, 0) is 9.47 Å². The summed E-state index contributed by atoms with van der Waals surface area (Å²) < 4.78 is 14.2. The number of fused-ring (bicyclic) bond motifs is 2. The van der Waals surface area contributed by atoms with Crippen LogP contribution in [-0.4, -0.2) is 43.9 Å². The summed E-state index contributed by atoms with van der Waals surface area (Å²) in [5.74, 6) is -0.787. The maximum Gasteiger partial charge on any atom is 0.357 e. The quantitative estimate of drug-likeness (QED) is 0.337. The highest BCUT2D eigenvalue weighted by molar-refractivity contribution is 7.15. The number of ether oxygens (including phenoxy) is 2. The third-order valence-electron chi connectivity index (χ3n) is 4.26. The number of rotatable bonds is 7. The number of carbonyl (C=O) groups is 2. The molecule has 0 saturated carbocycles. The number of imidazole rings is 2. The van der Waals surface area contributed by atoms with E-state index in [9.17, 15) is 9.59 Å². The van der Waals surface area contributed by atoms with Gasteiger partial charge >= 0.3 is 11.9 Å². The summed E-state index contributed by atoms with van der Waals surface area (Å²) >= 11 is 2.94. The highest BCUT2D eigenvalue weighted by Crippen LogP contribution is 2.19. The first-order chi connectivity index (χ1) is 13.6. The smallest absolute Gasteiger partial charge is 0.357 e. The van der Waals surface area contributed by atoms with Gasteiger partial charge in [0.15, 0.2) is 21.3 Å². The standard InChI is InChI=1S/C18H18N4O4S2/c1-11-13(21-5-9-27-17(21)19-11)15(23)25-7-3-4-8-26-16(24)14-12(2)20-18-22(14)6-10-28-18/h5-6,9-10H,3-4,7-8H2,1-2H3. The van der Waals surface area contributed by atoms with Crippen molar-refractivity contribution in [2.75, 3.05) is 13.2 Å². The van der Waals surface area contributed by atoms with Crippen LogP contribution in [0.25, 0.3) is 9.92 Å². The summed E-state index contributed by atoms with van der Waals surface area (Å²) in [7, 11) is 0. The molecule has 28 heavy (non-hydrogen) atoms. The van der Waals surface area contributed by atoms with Crippen molar-refractivity contribution in [3.63, 3.8) is 0 Å². The second-order valence-electron chi connectivity index (χ2n) is 6.18. The van der Waals surface area contributed by atoms with Crippen molar-refractivity contribution in [1.29, 1.82) is 0 Å². The van der Waals surface area contributed by atoms with Crippen molar-refractivity contribution in [3.8, 4) is 0 Å². The average molecular weight is 419 g/mol. The number of esters is 2. The van der Waals surface area contributed by atoms with E-state index in [0.29, 0.717) is 35.6 Å². The summed E-state index contributed by atoms with van der Waals surface area (Å²) in [4.78, 5) is 34.8. The first-order valence-electron chi connectivity index (χ1n) is 8.75. The third-order valence-corrected chi connectivity index (χ3v) is 5.78. The topological polar surface area (TPSA) is 87.2 Å². The molecule has 0 unspecified atom stereocenters. The SMILES string of the molecule is Cc1nc2sccn2c1C(=O)OCCCCOC(=O)c1c(C)nc2sccn12. The molecule has 8 nitrogen and oxygen atoms in total. The predicted octanol–water partition coefficient (Wildman–Crippen LogP) is 3.52. The number of carbonyl (C=O) groups excluding carboxylic acids is 2. The third kappa shape index (κ3) is 3.40. The zero-order chi connectivity index (χ0) is 19.7. The average Bonchev–Trinajstić information content (AvgIpc) is 3.38. The van der Waals surface area contributed by atoms with Crippen molar-refractivity contribution in [3.05, 3.63) is 45.9 Å². The van der Waals surface area contributed by atoms with E-state index in [1.54, 1.807) is 35.0 Å². The van der Waals surface area contributed by atoms with E-state index < -0.39 is 11.9 Å². The van der Waals surface area contributed by atoms with Gasteiger partial charge < -0.3 is 9.47 Å². The van der Waals surface area contributed by atoms with Gasteiger partial charge in [-0.3, -0.25) is 8.80 Å². The van der Waals surface area contributed by atoms with Gasteiger partial charge in [-0.2, -0.15) is 0 Å². The molecule has 10 heteroatoms. The Kier molecular flexibility index (Phi) is 5.14. The highest BCUT2D eigenvalue weighted by Gasteiger charge is 2.19. The van der Waals surface area contributed by atoms with Crippen molar-refractivity contribution >= 4 is 44.5 Å². The Hall–Kier alpha value is -2.72. The minimum Gasteiger partial charge on any atom is -0.461 e. The Morgan fingerprint density at radius 1 is 0.857 bits per heavy atom. The van der Waals surface area contributed by atoms with E-state index in [1.165, 1.54) is 22.7 Å². The van der Waals surface area contributed by atoms with Gasteiger partial charge in [0.25, 0.3) is 0 Å². The van der Waals surface area contributed by atoms with E-state index in [0.717, 1.165) is 9.92 Å². The summed E-state index contributed by atoms with van der Waals surface area (Å²) in [5.41, 5.74) is 2.22. The number of hydrogen-bond donors (Lipinski definition) is 0. The summed E-state index contributed by atoms with van der Waals surface area (Å²) in [5, 5.41) is 3.75. The van der Waals surface area contributed by atoms with Crippen molar-refractivity contribution < 1.29 is 19.1 Å². The van der Waals surface area contributed by atoms with Gasteiger partial charge in [0.05, 0.1) is 24.6 Å². The lowest BCUT2D eigenvalue weighted by Crippen LogP contribution is -2.12. The van der Waals surface area contributed by atoms with Crippen LogP contribution >= 0.6 is 22.7 Å². The highest BCUT2D eigenvalue weighted by atomic mass is 32.1. The zero-order valence-corrected chi connectivity index (χ0v) is 17.0. The van der Waals surface area contributed by atoms with Crippen LogP contribution in [0.4, 0.5) is 0 Å². The fourth-order valence-electron chi connectivity index (χ4n) is 2.95. The first-order valence-corrected chi connectivity index (χ1v) is 10.5. The second-order valence-corrected chi connectivity index (χ2v) is 7.93. The molecule has 0 fully saturated rings. The fourth-order valence-corrected chi connectivity index (χ4v) is 4.47. The maximum atomic E-state index is 12.3. The summed E-state index contributed by atoms with van der Waals surface area (Å²) in [6, 6.07) is 0. The number of thiazole rings is 2. The number of aryl methyl sites for hydroxylation is 2. The van der Waals surface area contributed by atoms with Crippen LogP contribution in [0.15, 0.2) is 23.2 Å². The largest absolute Gasteiger partial charge is 0.461 e. The van der Waals surface area contributed by atoms with Crippen LogP contribution in [0.1, 0.15) is 45.2 Å². The second kappa shape index (κ2) is 7.72. The van der Waals surface area contributed by atoms with E-state index in [2.05, 4.69) is 9.97 Å². The van der Waals surface area contributed by atoms with Gasteiger partial charge in [0.1, 0.15) is 0 Å². The molecule has 0 spiro atoms. The molecule has 4 rings (SSSR count). The summed E-state index contributed by atoms with van der Waals surface area (Å²) in [6.45, 7) is 4.10. The molecule has 0 aliphatic heterocycles. The van der Waals surface area contributed by atoms with Crippen LogP contribution in [0.3, 0.4) is 0 Å². The van der Waals surface area contributed by atoms with E-state index in [1.807, 2.05) is 10.8 Å². The molecular weight excluding hydrogens is 400 g/mol. The Morgan fingerprint density at radius 2 is 1.29 bits per heavy atom. The number of unbranched alkanes of at least 4 members (excludes halogenated alkanes) is 1. The minimum absolute atomic E-state index is 0.258. The van der Waals surface area contributed by atoms with Crippen LogP contribution < -0.4 is 0 Å². The van der Waals surface area contributed by atoms with Crippen LogP contribution in [0.5, 0.6) is 0 Å². The molecule has 4 aromatic rings. The molecular formula is C18H18N4O4S2. The molecule has 0 atom stereocenters. The lowest BCUT2D eigenvalue weighted by molar-refractivity contribution is 0.0423. The van der Waals surface area contributed by atoms with E-state index in [-0.39, 0.29) is 13.2 Å². The molecule has 0 amide bonds. The molecule has 4 aromatic heterocycles. The number of hydrogen-bond acceptors (Lipinski definition) is 8. The number of nitrogens with zero attached hydrogens (tertiary/aromatic N) is 4. The molecule has 0 aliphatic carbocycles. The molecule has 0 saturated heterocycles. The van der Waals surface area contributed by atoms with Crippen molar-refractivity contribution in [1.82, 2.24) is 18.8 Å². The summed E-state index contributed by atoms with van der Waals surface area (Å²) in [6.07, 6.45) is 4.81. The molecule has 0 N–H and O–H groups in total. The zero-order valence-electron chi connectivity index (χ0n) is 15.4. The first kappa shape index (κ1) is 18.6. The molecule has 4 heterocycles. The van der Waals surface area contributed by atoms with E-state index >= 15 is 0 Å². The van der Waals surface area contributed by atoms with Gasteiger partial charge in [-0.25, -0.2) is 19.6 Å². The van der Waals surface area contributed by atoms with Gasteiger partial charge in [0, 0.05) is 23.2 Å². The van der Waals surface area contributed by atoms with Crippen LogP contribution in [0.2, 0.25) is 0 Å².